The maximum atomic E-state index is 13.4. The molecule has 0 aliphatic carbocycles. The quantitative estimate of drug-likeness (QED) is 0.784. The predicted octanol–water partition coefficient (Wildman–Crippen LogP) is 2.26. The summed E-state index contributed by atoms with van der Waals surface area (Å²) in [6, 6.07) is 1.65. The van der Waals surface area contributed by atoms with Crippen molar-refractivity contribution in [2.45, 2.75) is 0 Å². The van der Waals surface area contributed by atoms with Gasteiger partial charge in [0.25, 0.3) is 0 Å². The van der Waals surface area contributed by atoms with Gasteiger partial charge >= 0.3 is 6.03 Å². The number of hydrogen-bond acceptors (Lipinski definition) is 1. The predicted molar refractivity (Wildman–Crippen MR) is 54.8 cm³/mol. The Kier molecular flexibility index (Phi) is 2.60. The molecular weight excluding hydrogens is 270 g/mol. The summed E-state index contributed by atoms with van der Waals surface area (Å²) in [7, 11) is 0. The molecular formula is C9H7BrF2N2O. The SMILES string of the molecule is O=C1NCCN1c1cc(Br)c(F)cc1F. The molecule has 1 aromatic carbocycles. The van der Waals surface area contributed by atoms with Gasteiger partial charge in [-0.25, -0.2) is 13.6 Å². The van der Waals surface area contributed by atoms with E-state index in [9.17, 15) is 13.6 Å². The Morgan fingerprint density at radius 3 is 2.67 bits per heavy atom. The number of hydrogen-bond donors (Lipinski definition) is 1. The van der Waals surface area contributed by atoms with Crippen LogP contribution in [-0.4, -0.2) is 19.1 Å². The molecule has 1 fully saturated rings. The summed E-state index contributed by atoms with van der Waals surface area (Å²) < 4.78 is 26.4. The highest BCUT2D eigenvalue weighted by molar-refractivity contribution is 9.10. The molecule has 1 aliphatic rings. The first-order chi connectivity index (χ1) is 7.09. The van der Waals surface area contributed by atoms with Crippen LogP contribution in [0.2, 0.25) is 0 Å². The zero-order chi connectivity index (χ0) is 11.0. The van der Waals surface area contributed by atoms with Crippen molar-refractivity contribution < 1.29 is 13.6 Å². The normalized spacial score (nSPS) is 15.7. The van der Waals surface area contributed by atoms with Crippen LogP contribution in [0, 0.1) is 11.6 Å². The lowest BCUT2D eigenvalue weighted by Crippen LogP contribution is -2.28. The average molecular weight is 277 g/mol. The number of halogens is 3. The molecule has 2 amide bonds. The Morgan fingerprint density at radius 2 is 2.07 bits per heavy atom. The molecule has 1 aliphatic heterocycles. The topological polar surface area (TPSA) is 32.3 Å². The third-order valence-electron chi connectivity index (χ3n) is 2.14. The lowest BCUT2D eigenvalue weighted by Gasteiger charge is -2.15. The van der Waals surface area contributed by atoms with Crippen molar-refractivity contribution in [2.75, 3.05) is 18.0 Å². The molecule has 1 saturated heterocycles. The summed E-state index contributed by atoms with van der Waals surface area (Å²) in [4.78, 5) is 12.5. The summed E-state index contributed by atoms with van der Waals surface area (Å²) >= 11 is 2.95. The molecule has 0 radical (unpaired) electrons. The number of nitrogens with one attached hydrogen (secondary N) is 1. The number of urea groups is 1. The van der Waals surface area contributed by atoms with Gasteiger partial charge < -0.3 is 5.32 Å². The Labute approximate surface area is 93.2 Å². The molecule has 1 heterocycles. The van der Waals surface area contributed by atoms with Crippen molar-refractivity contribution in [2.24, 2.45) is 0 Å². The van der Waals surface area contributed by atoms with E-state index in [1.807, 2.05) is 0 Å². The first-order valence-corrected chi connectivity index (χ1v) is 5.09. The Balaban J connectivity index is 2.43. The maximum Gasteiger partial charge on any atom is 0.322 e. The van der Waals surface area contributed by atoms with Gasteiger partial charge in [0, 0.05) is 19.2 Å². The summed E-state index contributed by atoms with van der Waals surface area (Å²) in [6.07, 6.45) is 0. The van der Waals surface area contributed by atoms with E-state index in [1.54, 1.807) is 0 Å². The van der Waals surface area contributed by atoms with Crippen molar-refractivity contribution in [3.05, 3.63) is 28.2 Å². The lowest BCUT2D eigenvalue weighted by molar-refractivity contribution is 0.252. The molecule has 1 N–H and O–H groups in total. The van der Waals surface area contributed by atoms with Crippen LogP contribution >= 0.6 is 15.9 Å². The van der Waals surface area contributed by atoms with Crippen LogP contribution in [0.3, 0.4) is 0 Å². The van der Waals surface area contributed by atoms with Gasteiger partial charge in [0.15, 0.2) is 0 Å². The summed E-state index contributed by atoms with van der Waals surface area (Å²) in [5.41, 5.74) is 0.0817. The van der Waals surface area contributed by atoms with Crippen LogP contribution in [0.1, 0.15) is 0 Å². The van der Waals surface area contributed by atoms with Crippen LogP contribution < -0.4 is 10.2 Å². The second-order valence-electron chi connectivity index (χ2n) is 3.10. The van der Waals surface area contributed by atoms with Gasteiger partial charge in [-0.05, 0) is 22.0 Å². The first-order valence-electron chi connectivity index (χ1n) is 4.29. The second-order valence-corrected chi connectivity index (χ2v) is 3.96. The van der Waals surface area contributed by atoms with Crippen LogP contribution in [0.4, 0.5) is 19.3 Å². The Bertz CT molecular complexity index is 425. The number of benzene rings is 1. The molecule has 1 aromatic rings. The van der Waals surface area contributed by atoms with E-state index in [2.05, 4.69) is 21.2 Å². The second kappa shape index (κ2) is 3.77. The van der Waals surface area contributed by atoms with E-state index in [-0.39, 0.29) is 16.2 Å². The summed E-state index contributed by atoms with van der Waals surface area (Å²) in [5.74, 6) is -1.43. The van der Waals surface area contributed by atoms with Crippen molar-refractivity contribution in [1.82, 2.24) is 5.32 Å². The smallest absolute Gasteiger partial charge is 0.322 e. The van der Waals surface area contributed by atoms with Gasteiger partial charge in [-0.15, -0.1) is 0 Å². The van der Waals surface area contributed by atoms with Crippen LogP contribution in [0.5, 0.6) is 0 Å². The largest absolute Gasteiger partial charge is 0.336 e. The first kappa shape index (κ1) is 10.4. The highest BCUT2D eigenvalue weighted by Crippen LogP contribution is 2.27. The van der Waals surface area contributed by atoms with Gasteiger partial charge in [-0.3, -0.25) is 4.90 Å². The average Bonchev–Trinajstić information content (AvgIpc) is 2.58. The molecule has 0 saturated carbocycles. The van der Waals surface area contributed by atoms with Crippen molar-refractivity contribution in [3.8, 4) is 0 Å². The van der Waals surface area contributed by atoms with E-state index in [1.165, 1.54) is 11.0 Å². The minimum atomic E-state index is -0.743. The third-order valence-corrected chi connectivity index (χ3v) is 2.75. The molecule has 0 atom stereocenters. The molecule has 6 heteroatoms. The van der Waals surface area contributed by atoms with Gasteiger partial charge in [-0.1, -0.05) is 0 Å². The van der Waals surface area contributed by atoms with Gasteiger partial charge in [-0.2, -0.15) is 0 Å². The van der Waals surface area contributed by atoms with Gasteiger partial charge in [0.2, 0.25) is 0 Å². The lowest BCUT2D eigenvalue weighted by atomic mass is 10.2. The molecule has 15 heavy (non-hydrogen) atoms. The van der Waals surface area contributed by atoms with Crippen molar-refractivity contribution in [3.63, 3.8) is 0 Å². The minimum Gasteiger partial charge on any atom is -0.336 e. The van der Waals surface area contributed by atoms with Crippen molar-refractivity contribution in [1.29, 1.82) is 0 Å². The molecule has 3 nitrogen and oxygen atoms in total. The zero-order valence-electron chi connectivity index (χ0n) is 7.56. The minimum absolute atomic E-state index is 0.0817. The molecule has 2 rings (SSSR count). The van der Waals surface area contributed by atoms with E-state index >= 15 is 0 Å². The molecule has 80 valence electrons. The fourth-order valence-electron chi connectivity index (χ4n) is 1.42. The number of rotatable bonds is 1. The monoisotopic (exact) mass is 276 g/mol. The fourth-order valence-corrected chi connectivity index (χ4v) is 1.75. The van der Waals surface area contributed by atoms with E-state index in [0.717, 1.165) is 6.07 Å². The fraction of sp³-hybridized carbons (Fsp3) is 0.222. The molecule has 0 unspecified atom stereocenters. The van der Waals surface area contributed by atoms with E-state index < -0.39 is 11.6 Å². The van der Waals surface area contributed by atoms with Crippen LogP contribution in [-0.2, 0) is 0 Å². The maximum absolute atomic E-state index is 13.4. The molecule has 0 bridgehead atoms. The number of carbonyl (C=O) groups is 1. The highest BCUT2D eigenvalue weighted by atomic mass is 79.9. The number of amides is 2. The Morgan fingerprint density at radius 1 is 1.33 bits per heavy atom. The van der Waals surface area contributed by atoms with E-state index in [4.69, 9.17) is 0 Å². The van der Waals surface area contributed by atoms with Crippen LogP contribution in [0.15, 0.2) is 16.6 Å². The number of carbonyl (C=O) groups excluding carboxylic acids is 1. The van der Waals surface area contributed by atoms with Crippen LogP contribution in [0.25, 0.3) is 0 Å². The highest BCUT2D eigenvalue weighted by Gasteiger charge is 2.24. The molecule has 0 aromatic heterocycles. The Hall–Kier alpha value is -1.17. The molecule has 0 spiro atoms. The zero-order valence-corrected chi connectivity index (χ0v) is 9.14. The summed E-state index contributed by atoms with van der Waals surface area (Å²) in [5, 5.41) is 2.54. The number of nitrogens with zero attached hydrogens (tertiary/aromatic N) is 1. The van der Waals surface area contributed by atoms with E-state index in [0.29, 0.717) is 13.1 Å². The van der Waals surface area contributed by atoms with Gasteiger partial charge in [0.1, 0.15) is 11.6 Å². The number of anilines is 1. The van der Waals surface area contributed by atoms with Crippen molar-refractivity contribution >= 4 is 27.6 Å². The van der Waals surface area contributed by atoms with Gasteiger partial charge in [0.05, 0.1) is 10.2 Å². The standard InChI is InChI=1S/C9H7BrF2N2O/c10-5-3-8(7(12)4-6(5)11)14-2-1-13-9(14)15/h3-4H,1-2H2,(H,13,15). The third kappa shape index (κ3) is 1.81. The summed E-state index contributed by atoms with van der Waals surface area (Å²) in [6.45, 7) is 0.848.